The third-order valence-corrected chi connectivity index (χ3v) is 6.58. The maximum Gasteiger partial charge on any atom is 0.437 e. The number of nitrogens with one attached hydrogen (secondary N) is 2. The first kappa shape index (κ1) is 27.7. The summed E-state index contributed by atoms with van der Waals surface area (Å²) in [6.07, 6.45) is 0.622. The van der Waals surface area contributed by atoms with E-state index in [1.54, 1.807) is 17.0 Å². The van der Waals surface area contributed by atoms with Gasteiger partial charge in [0, 0.05) is 50.4 Å². The fourth-order valence-corrected chi connectivity index (χ4v) is 4.70. The highest BCUT2D eigenvalue weighted by Gasteiger charge is 2.41. The van der Waals surface area contributed by atoms with E-state index in [2.05, 4.69) is 25.5 Å². The Bertz CT molecular complexity index is 1110. The highest BCUT2D eigenvalue weighted by Crippen LogP contribution is 2.35. The molecule has 2 saturated heterocycles. The standard InChI is InChI=1S/C26H35F3N6O3/c1-25(2,3)33-23(37)31-18-9-13-34(14-10-18)20-8-7-17(16-30-20)15-19(36)21-22(26(27,28)29)32-24(38-21)35-11-5-4-6-12-35/h7-8,16,18H,4-6,9-15H2,1-3H3,(H2,31,33,37). The highest BCUT2D eigenvalue weighted by molar-refractivity contribution is 5.96. The quantitative estimate of drug-likeness (QED) is 0.522. The van der Waals surface area contributed by atoms with Gasteiger partial charge < -0.3 is 24.9 Å². The number of rotatable bonds is 6. The van der Waals surface area contributed by atoms with Crippen LogP contribution in [0.4, 0.5) is 29.8 Å². The lowest BCUT2D eigenvalue weighted by Crippen LogP contribution is -2.52. The summed E-state index contributed by atoms with van der Waals surface area (Å²) < 4.78 is 46.2. The van der Waals surface area contributed by atoms with Gasteiger partial charge in [-0.3, -0.25) is 4.79 Å². The lowest BCUT2D eigenvalue weighted by Gasteiger charge is -2.33. The average Bonchev–Trinajstić information content (AvgIpc) is 3.31. The predicted octanol–water partition coefficient (Wildman–Crippen LogP) is 4.57. The van der Waals surface area contributed by atoms with E-state index in [9.17, 15) is 22.8 Å². The number of anilines is 2. The zero-order valence-corrected chi connectivity index (χ0v) is 22.0. The van der Waals surface area contributed by atoms with Gasteiger partial charge >= 0.3 is 12.2 Å². The summed E-state index contributed by atoms with van der Waals surface area (Å²) in [6, 6.07) is 3.17. The number of carbonyl (C=O) groups is 2. The van der Waals surface area contributed by atoms with Gasteiger partial charge in [-0.15, -0.1) is 0 Å². The summed E-state index contributed by atoms with van der Waals surface area (Å²) in [7, 11) is 0. The van der Waals surface area contributed by atoms with Crippen molar-refractivity contribution in [2.75, 3.05) is 36.0 Å². The zero-order valence-electron chi connectivity index (χ0n) is 22.0. The van der Waals surface area contributed by atoms with Gasteiger partial charge in [0.15, 0.2) is 5.69 Å². The molecule has 0 unspecified atom stereocenters. The van der Waals surface area contributed by atoms with Crippen molar-refractivity contribution in [3.05, 3.63) is 35.3 Å². The molecule has 2 aliphatic heterocycles. The van der Waals surface area contributed by atoms with Crippen molar-refractivity contribution in [1.29, 1.82) is 0 Å². The number of piperidine rings is 2. The molecule has 0 aromatic carbocycles. The minimum atomic E-state index is -4.79. The molecule has 2 aromatic rings. The molecule has 0 saturated carbocycles. The van der Waals surface area contributed by atoms with E-state index < -0.39 is 23.4 Å². The minimum Gasteiger partial charge on any atom is -0.420 e. The van der Waals surface area contributed by atoms with Crippen LogP contribution < -0.4 is 20.4 Å². The Balaban J connectivity index is 1.35. The van der Waals surface area contributed by atoms with Crippen LogP contribution in [-0.4, -0.2) is 59.5 Å². The van der Waals surface area contributed by atoms with E-state index in [1.807, 2.05) is 20.8 Å². The van der Waals surface area contributed by atoms with Gasteiger partial charge in [0.25, 0.3) is 6.01 Å². The van der Waals surface area contributed by atoms with Crippen molar-refractivity contribution in [3.8, 4) is 0 Å². The van der Waals surface area contributed by atoms with E-state index in [0.29, 0.717) is 37.6 Å². The lowest BCUT2D eigenvalue weighted by atomic mass is 10.0. The molecule has 12 heteroatoms. The van der Waals surface area contributed by atoms with Gasteiger partial charge in [0.2, 0.25) is 11.5 Å². The number of amides is 2. The van der Waals surface area contributed by atoms with Gasteiger partial charge in [-0.05, 0) is 64.5 Å². The maximum atomic E-state index is 13.6. The zero-order chi connectivity index (χ0) is 27.5. The molecular formula is C26H35F3N6O3. The summed E-state index contributed by atoms with van der Waals surface area (Å²) >= 11 is 0. The van der Waals surface area contributed by atoms with Crippen LogP contribution in [0, 0.1) is 0 Å². The van der Waals surface area contributed by atoms with E-state index in [0.717, 1.165) is 32.1 Å². The van der Waals surface area contributed by atoms with Crippen molar-refractivity contribution >= 4 is 23.6 Å². The molecule has 0 bridgehead atoms. The number of carbonyl (C=O) groups excluding carboxylic acids is 2. The van der Waals surface area contributed by atoms with Crippen molar-refractivity contribution in [1.82, 2.24) is 20.6 Å². The maximum absolute atomic E-state index is 13.6. The Morgan fingerprint density at radius 2 is 1.71 bits per heavy atom. The van der Waals surface area contributed by atoms with E-state index >= 15 is 0 Å². The molecule has 0 spiro atoms. The second-order valence-corrected chi connectivity index (χ2v) is 11.0. The average molecular weight is 537 g/mol. The first-order valence-corrected chi connectivity index (χ1v) is 13.0. The van der Waals surface area contributed by atoms with Crippen LogP contribution in [0.1, 0.15) is 74.7 Å². The number of hydrogen-bond acceptors (Lipinski definition) is 7. The summed E-state index contributed by atoms with van der Waals surface area (Å²) in [5.74, 6) is -0.836. The van der Waals surface area contributed by atoms with Crippen LogP contribution in [0.2, 0.25) is 0 Å². The Morgan fingerprint density at radius 1 is 1.03 bits per heavy atom. The molecule has 2 amide bonds. The van der Waals surface area contributed by atoms with Gasteiger partial charge in [0.1, 0.15) is 5.82 Å². The van der Waals surface area contributed by atoms with Crippen LogP contribution in [0.15, 0.2) is 22.7 Å². The normalized spacial score (nSPS) is 17.4. The topological polar surface area (TPSA) is 104 Å². The number of nitrogens with zero attached hydrogens (tertiary/aromatic N) is 4. The van der Waals surface area contributed by atoms with Crippen molar-refractivity contribution in [3.63, 3.8) is 0 Å². The first-order chi connectivity index (χ1) is 17.9. The highest BCUT2D eigenvalue weighted by atomic mass is 19.4. The van der Waals surface area contributed by atoms with Crippen LogP contribution in [0.5, 0.6) is 0 Å². The molecule has 2 aliphatic rings. The van der Waals surface area contributed by atoms with Crippen LogP contribution >= 0.6 is 0 Å². The lowest BCUT2D eigenvalue weighted by molar-refractivity contribution is -0.141. The van der Waals surface area contributed by atoms with Crippen LogP contribution in [-0.2, 0) is 12.6 Å². The summed E-state index contributed by atoms with van der Waals surface area (Å²) in [5.41, 5.74) is -1.10. The number of hydrogen-bond donors (Lipinski definition) is 2. The number of ketones is 1. The number of oxazole rings is 1. The minimum absolute atomic E-state index is 0.0602. The summed E-state index contributed by atoms with van der Waals surface area (Å²) in [4.78, 5) is 36.8. The summed E-state index contributed by atoms with van der Waals surface area (Å²) in [6.45, 7) is 8.25. The SMILES string of the molecule is CC(C)(C)NC(=O)NC1CCN(c2ccc(CC(=O)c3oc(N4CCCCC4)nc3C(F)(F)F)cn2)CC1. The molecule has 0 atom stereocenters. The number of halogens is 3. The second-order valence-electron chi connectivity index (χ2n) is 11.0. The largest absolute Gasteiger partial charge is 0.437 e. The second kappa shape index (κ2) is 11.2. The Hall–Kier alpha value is -3.31. The number of Topliss-reactive ketones (excluding diaryl/α,β-unsaturated/α-hetero) is 1. The van der Waals surface area contributed by atoms with Crippen LogP contribution in [0.25, 0.3) is 0 Å². The number of pyridine rings is 1. The first-order valence-electron chi connectivity index (χ1n) is 13.0. The Morgan fingerprint density at radius 3 is 2.29 bits per heavy atom. The van der Waals surface area contributed by atoms with Crippen molar-refractivity contribution in [2.45, 2.75) is 77.1 Å². The summed E-state index contributed by atoms with van der Waals surface area (Å²) in [5, 5.41) is 5.89. The third-order valence-electron chi connectivity index (χ3n) is 6.58. The third kappa shape index (κ3) is 7.16. The molecule has 0 radical (unpaired) electrons. The molecule has 2 aromatic heterocycles. The smallest absolute Gasteiger partial charge is 0.420 e. The molecular weight excluding hydrogens is 501 g/mol. The van der Waals surface area contributed by atoms with Crippen LogP contribution in [0.3, 0.4) is 0 Å². The van der Waals surface area contributed by atoms with Gasteiger partial charge in [-0.25, -0.2) is 9.78 Å². The van der Waals surface area contributed by atoms with Crippen molar-refractivity contribution in [2.24, 2.45) is 0 Å². The Labute approximate surface area is 220 Å². The monoisotopic (exact) mass is 536 g/mol. The fourth-order valence-electron chi connectivity index (χ4n) is 4.70. The van der Waals surface area contributed by atoms with Gasteiger partial charge in [0.05, 0.1) is 0 Å². The van der Waals surface area contributed by atoms with E-state index in [1.165, 1.54) is 6.20 Å². The number of alkyl halides is 3. The molecule has 2 fully saturated rings. The van der Waals surface area contributed by atoms with E-state index in [4.69, 9.17) is 4.42 Å². The van der Waals surface area contributed by atoms with E-state index in [-0.39, 0.29) is 30.0 Å². The molecule has 0 aliphatic carbocycles. The molecule has 2 N–H and O–H groups in total. The van der Waals surface area contributed by atoms with Gasteiger partial charge in [-0.1, -0.05) is 6.07 Å². The fraction of sp³-hybridized carbons (Fsp3) is 0.615. The Kier molecular flexibility index (Phi) is 8.17. The van der Waals surface area contributed by atoms with Gasteiger partial charge in [-0.2, -0.15) is 18.2 Å². The number of urea groups is 1. The molecule has 4 rings (SSSR count). The molecule has 4 heterocycles. The predicted molar refractivity (Wildman–Crippen MR) is 136 cm³/mol. The molecule has 9 nitrogen and oxygen atoms in total. The molecule has 38 heavy (non-hydrogen) atoms. The molecule has 208 valence electrons. The van der Waals surface area contributed by atoms with Crippen molar-refractivity contribution < 1.29 is 27.2 Å². The number of aromatic nitrogens is 2.